The van der Waals surface area contributed by atoms with Crippen LogP contribution < -0.4 is 0 Å². The van der Waals surface area contributed by atoms with Crippen molar-refractivity contribution in [2.75, 3.05) is 32.8 Å². The van der Waals surface area contributed by atoms with Gasteiger partial charge < -0.3 is 19.3 Å². The van der Waals surface area contributed by atoms with E-state index in [9.17, 15) is 31.9 Å². The number of esters is 1. The van der Waals surface area contributed by atoms with Crippen LogP contribution in [0.2, 0.25) is 0 Å². The van der Waals surface area contributed by atoms with Gasteiger partial charge in [0.1, 0.15) is 16.8 Å². The van der Waals surface area contributed by atoms with Crippen molar-refractivity contribution in [2.24, 2.45) is 16.7 Å². The first-order valence-corrected chi connectivity index (χ1v) is 16.6. The molecule has 0 saturated carbocycles. The van der Waals surface area contributed by atoms with E-state index < -0.39 is 34.5 Å². The third-order valence-corrected chi connectivity index (χ3v) is 9.72. The number of carbonyl (C=O) groups is 3. The molecule has 0 N–H and O–H groups in total. The number of benzene rings is 2. The van der Waals surface area contributed by atoms with Gasteiger partial charge in [0.25, 0.3) is 5.91 Å². The van der Waals surface area contributed by atoms with Crippen molar-refractivity contribution >= 4 is 33.7 Å². The van der Waals surface area contributed by atoms with Crippen LogP contribution in [0, 0.1) is 22.6 Å². The molecule has 264 valence electrons. The van der Waals surface area contributed by atoms with Crippen LogP contribution in [-0.2, 0) is 27.4 Å². The average Bonchev–Trinajstić information content (AvgIpc) is 3.60. The molecule has 2 aliphatic heterocycles. The Kier molecular flexibility index (Phi) is 10.1. The monoisotopic (exact) mass is 750 g/mol. The van der Waals surface area contributed by atoms with Gasteiger partial charge in [0.2, 0.25) is 5.91 Å². The predicted molar refractivity (Wildman–Crippen MR) is 175 cm³/mol. The maximum atomic E-state index is 13.7. The summed E-state index contributed by atoms with van der Waals surface area (Å²) < 4.78 is 68.3. The topological polar surface area (TPSA) is 94.0 Å². The summed E-state index contributed by atoms with van der Waals surface area (Å²) in [6, 6.07) is 11.2. The number of hydrogen-bond acceptors (Lipinski definition) is 6. The first-order chi connectivity index (χ1) is 22.8. The molecule has 1 aromatic heterocycles. The fourth-order valence-corrected chi connectivity index (χ4v) is 6.80. The van der Waals surface area contributed by atoms with Gasteiger partial charge in [-0.05, 0) is 79.9 Å². The zero-order valence-electron chi connectivity index (χ0n) is 27.9. The quantitative estimate of drug-likeness (QED) is 0.183. The molecular weight excluding hydrogens is 712 g/mol. The van der Waals surface area contributed by atoms with Crippen LogP contribution in [0.15, 0.2) is 59.3 Å². The summed E-state index contributed by atoms with van der Waals surface area (Å²) in [6.07, 6.45) is -1.69. The number of likely N-dealkylation sites (tertiary alicyclic amines) is 2. The molecule has 3 aromatic rings. The lowest BCUT2D eigenvalue weighted by molar-refractivity contribution is -0.223. The molecule has 2 fully saturated rings. The molecule has 0 bridgehead atoms. The second-order valence-electron chi connectivity index (χ2n) is 14.4. The standard InChI is InChI=1S/C35H39BrF4N4O5/c1-32(2,3)49-30(46)28-23(7-6-8-27(28)36)17-48-18-25-16-42(19-34(25)20-43(21-34)31(47)33(4,5)35(38,39)40)29(45)24-13-41-44(15-24)14-22-9-11-26(37)12-10-22/h6-13,15,25H,14,16-21H2,1-5H3/t25-/m0/s1. The summed E-state index contributed by atoms with van der Waals surface area (Å²) in [7, 11) is 0. The summed E-state index contributed by atoms with van der Waals surface area (Å²) in [5, 5.41) is 4.29. The highest BCUT2D eigenvalue weighted by Gasteiger charge is 2.61. The van der Waals surface area contributed by atoms with Gasteiger partial charge in [-0.1, -0.05) is 24.3 Å². The Morgan fingerprint density at radius 2 is 1.63 bits per heavy atom. The highest BCUT2D eigenvalue weighted by Crippen LogP contribution is 2.48. The van der Waals surface area contributed by atoms with Crippen LogP contribution >= 0.6 is 15.9 Å². The SMILES string of the molecule is CC(C)(C)OC(=O)c1c(Br)cccc1COC[C@@H]1CN(C(=O)c2cnn(Cc3ccc(F)cc3)c2)CC12CN(C(=O)C(C)(C)C(F)(F)F)C2. The molecule has 49 heavy (non-hydrogen) atoms. The van der Waals surface area contributed by atoms with E-state index in [0.29, 0.717) is 27.7 Å². The van der Waals surface area contributed by atoms with Crippen molar-refractivity contribution in [2.45, 2.75) is 59.5 Å². The summed E-state index contributed by atoms with van der Waals surface area (Å²) in [5.41, 5.74) is -1.96. The number of halogens is 5. The Bertz CT molecular complexity index is 1710. The van der Waals surface area contributed by atoms with Crippen molar-refractivity contribution in [1.29, 1.82) is 0 Å². The van der Waals surface area contributed by atoms with Crippen LogP contribution in [0.1, 0.15) is 66.5 Å². The van der Waals surface area contributed by atoms with Gasteiger partial charge in [0.15, 0.2) is 0 Å². The van der Waals surface area contributed by atoms with E-state index in [4.69, 9.17) is 9.47 Å². The fraction of sp³-hybridized carbons (Fsp3) is 0.486. The van der Waals surface area contributed by atoms with E-state index in [1.54, 1.807) is 66.9 Å². The van der Waals surface area contributed by atoms with Crippen LogP contribution in [0.25, 0.3) is 0 Å². The molecule has 2 aliphatic rings. The third-order valence-electron chi connectivity index (χ3n) is 9.06. The first kappa shape index (κ1) is 36.5. The molecule has 3 heterocycles. The molecule has 1 atom stereocenters. The Morgan fingerprint density at radius 3 is 2.27 bits per heavy atom. The molecule has 9 nitrogen and oxygen atoms in total. The van der Waals surface area contributed by atoms with Gasteiger partial charge in [0.05, 0.1) is 37.1 Å². The van der Waals surface area contributed by atoms with Gasteiger partial charge in [-0.3, -0.25) is 14.3 Å². The number of alkyl halides is 3. The minimum Gasteiger partial charge on any atom is -0.456 e. The fourth-order valence-electron chi connectivity index (χ4n) is 6.23. The van der Waals surface area contributed by atoms with Crippen molar-refractivity contribution in [1.82, 2.24) is 19.6 Å². The van der Waals surface area contributed by atoms with E-state index >= 15 is 0 Å². The Morgan fingerprint density at radius 1 is 0.980 bits per heavy atom. The number of hydrogen-bond donors (Lipinski definition) is 0. The van der Waals surface area contributed by atoms with Gasteiger partial charge in [-0.15, -0.1) is 0 Å². The highest BCUT2D eigenvalue weighted by atomic mass is 79.9. The number of carbonyl (C=O) groups excluding carboxylic acids is 3. The lowest BCUT2D eigenvalue weighted by atomic mass is 9.70. The molecule has 0 aliphatic carbocycles. The van der Waals surface area contributed by atoms with Crippen molar-refractivity contribution < 1.29 is 41.4 Å². The molecule has 0 radical (unpaired) electrons. The molecule has 2 saturated heterocycles. The highest BCUT2D eigenvalue weighted by molar-refractivity contribution is 9.10. The molecule has 0 unspecified atom stereocenters. The number of aromatic nitrogens is 2. The molecule has 2 aromatic carbocycles. The van der Waals surface area contributed by atoms with Gasteiger partial charge in [-0.2, -0.15) is 18.3 Å². The third kappa shape index (κ3) is 7.85. The van der Waals surface area contributed by atoms with Crippen LogP contribution in [0.4, 0.5) is 17.6 Å². The Balaban J connectivity index is 1.32. The zero-order chi connectivity index (χ0) is 35.9. The zero-order valence-corrected chi connectivity index (χ0v) is 29.5. The van der Waals surface area contributed by atoms with Gasteiger partial charge >= 0.3 is 12.1 Å². The Hall–Kier alpha value is -3.78. The van der Waals surface area contributed by atoms with Gasteiger partial charge in [0, 0.05) is 48.2 Å². The summed E-state index contributed by atoms with van der Waals surface area (Å²) >= 11 is 3.43. The molecule has 5 rings (SSSR count). The van der Waals surface area contributed by atoms with Crippen molar-refractivity contribution in [3.63, 3.8) is 0 Å². The first-order valence-electron chi connectivity index (χ1n) is 15.8. The summed E-state index contributed by atoms with van der Waals surface area (Å²) in [5.74, 6) is -2.53. The second kappa shape index (κ2) is 13.5. The maximum absolute atomic E-state index is 13.7. The molecular formula is C35H39BrF4N4O5. The van der Waals surface area contributed by atoms with Crippen LogP contribution in [0.3, 0.4) is 0 Å². The van der Waals surface area contributed by atoms with Crippen LogP contribution in [0.5, 0.6) is 0 Å². The predicted octanol–water partition coefficient (Wildman–Crippen LogP) is 6.49. The minimum absolute atomic E-state index is 0.0347. The lowest BCUT2D eigenvalue weighted by Crippen LogP contribution is -2.66. The van der Waals surface area contributed by atoms with Crippen molar-refractivity contribution in [3.05, 3.63) is 87.4 Å². The molecule has 2 amide bonds. The molecule has 1 spiro atoms. The molecule has 14 heteroatoms. The minimum atomic E-state index is -4.73. The normalized spacial score (nSPS) is 17.7. The number of ether oxygens (including phenoxy) is 2. The van der Waals surface area contributed by atoms with E-state index in [1.165, 1.54) is 23.2 Å². The van der Waals surface area contributed by atoms with Crippen molar-refractivity contribution in [3.8, 4) is 0 Å². The average molecular weight is 752 g/mol. The number of nitrogens with zero attached hydrogens (tertiary/aromatic N) is 4. The van der Waals surface area contributed by atoms with E-state index in [2.05, 4.69) is 21.0 Å². The summed E-state index contributed by atoms with van der Waals surface area (Å²) in [4.78, 5) is 42.5. The van der Waals surface area contributed by atoms with E-state index in [1.807, 2.05) is 0 Å². The second-order valence-corrected chi connectivity index (χ2v) is 15.2. The number of rotatable bonds is 9. The summed E-state index contributed by atoms with van der Waals surface area (Å²) in [6.45, 7) is 8.04. The lowest BCUT2D eigenvalue weighted by Gasteiger charge is -2.52. The smallest absolute Gasteiger partial charge is 0.402 e. The number of amides is 2. The van der Waals surface area contributed by atoms with E-state index in [0.717, 1.165) is 19.4 Å². The Labute approximate surface area is 290 Å². The van der Waals surface area contributed by atoms with Gasteiger partial charge in [-0.25, -0.2) is 9.18 Å². The van der Waals surface area contributed by atoms with E-state index in [-0.39, 0.29) is 57.0 Å². The maximum Gasteiger partial charge on any atom is 0.402 e. The largest absolute Gasteiger partial charge is 0.456 e. The van der Waals surface area contributed by atoms with Crippen LogP contribution in [-0.4, -0.2) is 81.9 Å².